The third-order valence-corrected chi connectivity index (χ3v) is 3.03. The number of rotatable bonds is 2. The van der Waals surface area contributed by atoms with Gasteiger partial charge >= 0.3 is 0 Å². The molecule has 0 atom stereocenters. The fraction of sp³-hybridized carbons (Fsp3) is 0.286. The highest BCUT2D eigenvalue weighted by Crippen LogP contribution is 2.25. The van der Waals surface area contributed by atoms with Crippen molar-refractivity contribution in [3.05, 3.63) is 46.1 Å². The molecule has 0 amide bonds. The molecule has 94 valence electrons. The van der Waals surface area contributed by atoms with Crippen LogP contribution in [0.2, 0.25) is 0 Å². The van der Waals surface area contributed by atoms with Crippen molar-refractivity contribution >= 4 is 15.9 Å². The fourth-order valence-corrected chi connectivity index (χ4v) is 2.07. The Morgan fingerprint density at radius 3 is 2.56 bits per heavy atom. The minimum atomic E-state index is -0.263. The molecule has 2 nitrogen and oxygen atoms in total. The van der Waals surface area contributed by atoms with Crippen LogP contribution in [0.15, 0.2) is 28.9 Å². The maximum Gasteiger partial charge on any atom is 0.132 e. The molecular weight excluding hydrogens is 295 g/mol. The number of aromatic nitrogens is 2. The molecule has 0 fully saturated rings. The van der Waals surface area contributed by atoms with Gasteiger partial charge < -0.3 is 0 Å². The van der Waals surface area contributed by atoms with Crippen LogP contribution in [-0.4, -0.2) is 9.97 Å². The molecule has 0 aliphatic heterocycles. The first-order valence-electron chi connectivity index (χ1n) is 5.78. The molecule has 0 bridgehead atoms. The Hall–Kier alpha value is -1.29. The van der Waals surface area contributed by atoms with Crippen LogP contribution in [0.5, 0.6) is 0 Å². The lowest BCUT2D eigenvalue weighted by atomic mass is 10.1. The van der Waals surface area contributed by atoms with E-state index in [1.165, 1.54) is 6.07 Å². The second kappa shape index (κ2) is 5.14. The predicted molar refractivity (Wildman–Crippen MR) is 74.0 cm³/mol. The van der Waals surface area contributed by atoms with Crippen molar-refractivity contribution in [2.24, 2.45) is 0 Å². The first-order chi connectivity index (χ1) is 8.47. The molecule has 2 aromatic rings. The molecule has 0 radical (unpaired) electrons. The third-order valence-electron chi connectivity index (χ3n) is 2.63. The van der Waals surface area contributed by atoms with E-state index in [2.05, 4.69) is 25.9 Å². The van der Waals surface area contributed by atoms with Gasteiger partial charge in [-0.15, -0.1) is 0 Å². The Labute approximate surface area is 114 Å². The minimum Gasteiger partial charge on any atom is -0.232 e. The van der Waals surface area contributed by atoms with E-state index < -0.39 is 0 Å². The molecule has 0 unspecified atom stereocenters. The summed E-state index contributed by atoms with van der Waals surface area (Å²) in [7, 11) is 0. The minimum absolute atomic E-state index is 0.203. The van der Waals surface area contributed by atoms with Gasteiger partial charge in [0.2, 0.25) is 0 Å². The van der Waals surface area contributed by atoms with Gasteiger partial charge in [0.25, 0.3) is 0 Å². The van der Waals surface area contributed by atoms with E-state index in [4.69, 9.17) is 0 Å². The van der Waals surface area contributed by atoms with Gasteiger partial charge in [0.15, 0.2) is 0 Å². The normalized spacial score (nSPS) is 11.0. The first-order valence-corrected chi connectivity index (χ1v) is 6.57. The SMILES string of the molecule is Cc1ccc(F)c(-c2cc(Br)nc(C(C)C)n2)c1. The monoisotopic (exact) mass is 308 g/mol. The molecule has 0 N–H and O–H groups in total. The standard InChI is InChI=1S/C14H14BrFN2/c1-8(2)14-17-12(7-13(15)18-14)10-6-9(3)4-5-11(10)16/h4-8H,1-3H3. The summed E-state index contributed by atoms with van der Waals surface area (Å²) >= 11 is 3.35. The smallest absolute Gasteiger partial charge is 0.132 e. The maximum absolute atomic E-state index is 13.8. The van der Waals surface area contributed by atoms with Gasteiger partial charge in [-0.25, -0.2) is 14.4 Å². The summed E-state index contributed by atoms with van der Waals surface area (Å²) in [4.78, 5) is 8.72. The zero-order valence-corrected chi connectivity index (χ0v) is 12.1. The Morgan fingerprint density at radius 1 is 1.17 bits per heavy atom. The van der Waals surface area contributed by atoms with Gasteiger partial charge in [-0.1, -0.05) is 25.5 Å². The van der Waals surface area contributed by atoms with Crippen LogP contribution in [0.1, 0.15) is 31.2 Å². The largest absolute Gasteiger partial charge is 0.232 e. The Bertz CT molecular complexity index is 582. The zero-order valence-electron chi connectivity index (χ0n) is 10.5. The second-order valence-electron chi connectivity index (χ2n) is 4.57. The van der Waals surface area contributed by atoms with Crippen LogP contribution in [0.3, 0.4) is 0 Å². The summed E-state index contributed by atoms with van der Waals surface area (Å²) in [5.41, 5.74) is 2.13. The third kappa shape index (κ3) is 2.75. The molecule has 1 aromatic heterocycles. The highest BCUT2D eigenvalue weighted by atomic mass is 79.9. The van der Waals surface area contributed by atoms with Crippen molar-refractivity contribution in [3.63, 3.8) is 0 Å². The molecule has 0 aliphatic carbocycles. The molecule has 0 aliphatic rings. The molecular formula is C14H14BrFN2. The number of aryl methyl sites for hydroxylation is 1. The number of nitrogens with zero attached hydrogens (tertiary/aromatic N) is 2. The molecule has 4 heteroatoms. The summed E-state index contributed by atoms with van der Waals surface area (Å²) in [6.07, 6.45) is 0. The molecule has 1 aromatic carbocycles. The average Bonchev–Trinajstić information content (AvgIpc) is 2.31. The van der Waals surface area contributed by atoms with E-state index in [9.17, 15) is 4.39 Å². The van der Waals surface area contributed by atoms with E-state index in [0.717, 1.165) is 5.56 Å². The number of halogens is 2. The van der Waals surface area contributed by atoms with Crippen molar-refractivity contribution < 1.29 is 4.39 Å². The predicted octanol–water partition coefficient (Wildman–Crippen LogP) is 4.48. The summed E-state index contributed by atoms with van der Waals surface area (Å²) in [5, 5.41) is 0. The summed E-state index contributed by atoms with van der Waals surface area (Å²) < 4.78 is 14.5. The average molecular weight is 309 g/mol. The van der Waals surface area contributed by atoms with Crippen molar-refractivity contribution in [2.45, 2.75) is 26.7 Å². The Balaban J connectivity index is 2.60. The quantitative estimate of drug-likeness (QED) is 0.765. The van der Waals surface area contributed by atoms with Crippen molar-refractivity contribution in [1.29, 1.82) is 0 Å². The molecule has 2 rings (SSSR count). The van der Waals surface area contributed by atoms with Crippen LogP contribution < -0.4 is 0 Å². The fourth-order valence-electron chi connectivity index (χ4n) is 1.67. The van der Waals surface area contributed by atoms with E-state index in [1.54, 1.807) is 18.2 Å². The number of hydrogen-bond acceptors (Lipinski definition) is 2. The Kier molecular flexibility index (Phi) is 3.76. The van der Waals surface area contributed by atoms with Gasteiger partial charge in [0.05, 0.1) is 5.69 Å². The molecule has 18 heavy (non-hydrogen) atoms. The van der Waals surface area contributed by atoms with E-state index in [1.807, 2.05) is 20.8 Å². The zero-order chi connectivity index (χ0) is 13.3. The summed E-state index contributed by atoms with van der Waals surface area (Å²) in [6.45, 7) is 5.96. The van der Waals surface area contributed by atoms with Crippen molar-refractivity contribution in [2.75, 3.05) is 0 Å². The van der Waals surface area contributed by atoms with Crippen molar-refractivity contribution in [3.8, 4) is 11.3 Å². The number of benzene rings is 1. The lowest BCUT2D eigenvalue weighted by Gasteiger charge is -2.09. The van der Waals surface area contributed by atoms with Crippen LogP contribution >= 0.6 is 15.9 Å². The lowest BCUT2D eigenvalue weighted by Crippen LogP contribution is -2.00. The van der Waals surface area contributed by atoms with E-state index in [0.29, 0.717) is 21.7 Å². The van der Waals surface area contributed by atoms with Crippen molar-refractivity contribution in [1.82, 2.24) is 9.97 Å². The highest BCUT2D eigenvalue weighted by molar-refractivity contribution is 9.10. The second-order valence-corrected chi connectivity index (χ2v) is 5.38. The van der Waals surface area contributed by atoms with Crippen LogP contribution in [0.25, 0.3) is 11.3 Å². The summed E-state index contributed by atoms with van der Waals surface area (Å²) in [5.74, 6) is 0.648. The van der Waals surface area contributed by atoms with Gasteiger partial charge in [0.1, 0.15) is 16.2 Å². The summed E-state index contributed by atoms with van der Waals surface area (Å²) in [6, 6.07) is 6.76. The molecule has 0 saturated carbocycles. The number of hydrogen-bond donors (Lipinski definition) is 0. The van der Waals surface area contributed by atoms with Crippen LogP contribution in [-0.2, 0) is 0 Å². The molecule has 0 saturated heterocycles. The lowest BCUT2D eigenvalue weighted by molar-refractivity contribution is 0.629. The topological polar surface area (TPSA) is 25.8 Å². The molecule has 0 spiro atoms. The Morgan fingerprint density at radius 2 is 1.89 bits per heavy atom. The van der Waals surface area contributed by atoms with Gasteiger partial charge in [-0.3, -0.25) is 0 Å². The van der Waals surface area contributed by atoms with Gasteiger partial charge in [-0.05, 0) is 41.1 Å². The highest BCUT2D eigenvalue weighted by Gasteiger charge is 2.11. The first kappa shape index (κ1) is 13.1. The van der Waals surface area contributed by atoms with Crippen LogP contribution in [0, 0.1) is 12.7 Å². The van der Waals surface area contributed by atoms with E-state index in [-0.39, 0.29) is 11.7 Å². The maximum atomic E-state index is 13.8. The van der Waals surface area contributed by atoms with Gasteiger partial charge in [-0.2, -0.15) is 0 Å². The van der Waals surface area contributed by atoms with E-state index >= 15 is 0 Å². The van der Waals surface area contributed by atoms with Gasteiger partial charge in [0, 0.05) is 11.5 Å². The van der Waals surface area contributed by atoms with Crippen LogP contribution in [0.4, 0.5) is 4.39 Å². The molecule has 1 heterocycles.